The standard InChI is InChI=1S/C12H22N2O4/c1-3-18-12(16)10(13)11(15)14-8(2)9-4-6-17-7-5-9/h8-10H,3-7,13H2,1-2H3,(H,14,15). The molecule has 2 atom stereocenters. The van der Waals surface area contributed by atoms with Crippen LogP contribution in [0.5, 0.6) is 0 Å². The van der Waals surface area contributed by atoms with E-state index in [-0.39, 0.29) is 12.6 Å². The Bertz CT molecular complexity index is 290. The Labute approximate surface area is 107 Å². The topological polar surface area (TPSA) is 90.7 Å². The Balaban J connectivity index is 2.40. The number of carbonyl (C=O) groups is 2. The molecule has 0 aromatic rings. The molecule has 1 heterocycles. The fourth-order valence-corrected chi connectivity index (χ4v) is 1.99. The highest BCUT2D eigenvalue weighted by molar-refractivity contribution is 6.01. The van der Waals surface area contributed by atoms with Gasteiger partial charge in [-0.1, -0.05) is 0 Å². The number of carbonyl (C=O) groups excluding carboxylic acids is 2. The second-order valence-corrected chi connectivity index (χ2v) is 4.48. The van der Waals surface area contributed by atoms with Gasteiger partial charge in [0, 0.05) is 19.3 Å². The van der Waals surface area contributed by atoms with Crippen LogP contribution < -0.4 is 11.1 Å². The van der Waals surface area contributed by atoms with Crippen molar-refractivity contribution in [3.8, 4) is 0 Å². The number of nitrogens with two attached hydrogens (primary N) is 1. The maximum absolute atomic E-state index is 11.7. The van der Waals surface area contributed by atoms with Crippen LogP contribution in [0.2, 0.25) is 0 Å². The van der Waals surface area contributed by atoms with Crippen molar-refractivity contribution in [2.45, 2.75) is 38.8 Å². The smallest absolute Gasteiger partial charge is 0.332 e. The normalized spacial score (nSPS) is 19.9. The molecule has 0 aliphatic carbocycles. The van der Waals surface area contributed by atoms with Crippen molar-refractivity contribution in [2.24, 2.45) is 11.7 Å². The van der Waals surface area contributed by atoms with E-state index in [2.05, 4.69) is 5.32 Å². The van der Waals surface area contributed by atoms with Crippen molar-refractivity contribution in [3.05, 3.63) is 0 Å². The van der Waals surface area contributed by atoms with E-state index in [1.807, 2.05) is 6.92 Å². The van der Waals surface area contributed by atoms with Crippen LogP contribution in [0.1, 0.15) is 26.7 Å². The summed E-state index contributed by atoms with van der Waals surface area (Å²) in [6, 6.07) is -1.26. The zero-order valence-electron chi connectivity index (χ0n) is 11.0. The lowest BCUT2D eigenvalue weighted by atomic mass is 9.93. The zero-order valence-corrected chi connectivity index (χ0v) is 11.0. The molecule has 2 unspecified atom stereocenters. The number of amides is 1. The number of nitrogens with one attached hydrogen (secondary N) is 1. The minimum atomic E-state index is -1.24. The molecule has 3 N–H and O–H groups in total. The predicted octanol–water partition coefficient (Wildman–Crippen LogP) is -0.192. The van der Waals surface area contributed by atoms with Crippen molar-refractivity contribution in [3.63, 3.8) is 0 Å². The first-order valence-corrected chi connectivity index (χ1v) is 6.36. The predicted molar refractivity (Wildman–Crippen MR) is 65.8 cm³/mol. The van der Waals surface area contributed by atoms with Crippen LogP contribution in [0.25, 0.3) is 0 Å². The van der Waals surface area contributed by atoms with Crippen molar-refractivity contribution < 1.29 is 19.1 Å². The van der Waals surface area contributed by atoms with Gasteiger partial charge in [-0.2, -0.15) is 0 Å². The molecule has 0 bridgehead atoms. The molecule has 0 saturated carbocycles. The van der Waals surface area contributed by atoms with E-state index < -0.39 is 17.9 Å². The summed E-state index contributed by atoms with van der Waals surface area (Å²) in [7, 11) is 0. The quantitative estimate of drug-likeness (QED) is 0.527. The molecule has 6 nitrogen and oxygen atoms in total. The fourth-order valence-electron chi connectivity index (χ4n) is 1.99. The molecule has 1 fully saturated rings. The van der Waals surface area contributed by atoms with E-state index in [0.717, 1.165) is 26.1 Å². The third kappa shape index (κ3) is 4.27. The number of rotatable bonds is 5. The highest BCUT2D eigenvalue weighted by atomic mass is 16.5. The largest absolute Gasteiger partial charge is 0.464 e. The molecule has 1 aliphatic heterocycles. The summed E-state index contributed by atoms with van der Waals surface area (Å²) in [5, 5.41) is 2.77. The SMILES string of the molecule is CCOC(=O)C(N)C(=O)NC(C)C1CCOCC1. The Hall–Kier alpha value is -1.14. The third-order valence-corrected chi connectivity index (χ3v) is 3.17. The lowest BCUT2D eigenvalue weighted by Crippen LogP contribution is -2.51. The molecular weight excluding hydrogens is 236 g/mol. The van der Waals surface area contributed by atoms with Crippen LogP contribution >= 0.6 is 0 Å². The monoisotopic (exact) mass is 258 g/mol. The number of ether oxygens (including phenoxy) is 2. The maximum Gasteiger partial charge on any atom is 0.332 e. The summed E-state index contributed by atoms with van der Waals surface area (Å²) in [6.07, 6.45) is 1.83. The Kier molecular flexibility index (Phi) is 6.07. The zero-order chi connectivity index (χ0) is 13.5. The van der Waals surface area contributed by atoms with Crippen LogP contribution in [-0.4, -0.2) is 43.8 Å². The van der Waals surface area contributed by atoms with Crippen LogP contribution in [0.15, 0.2) is 0 Å². The van der Waals surface area contributed by atoms with Crippen LogP contribution in [0, 0.1) is 5.92 Å². The fraction of sp³-hybridized carbons (Fsp3) is 0.833. The Morgan fingerprint density at radius 3 is 2.61 bits per heavy atom. The molecule has 6 heteroatoms. The van der Waals surface area contributed by atoms with E-state index in [4.69, 9.17) is 15.2 Å². The van der Waals surface area contributed by atoms with Crippen molar-refractivity contribution >= 4 is 11.9 Å². The minimum Gasteiger partial charge on any atom is -0.464 e. The van der Waals surface area contributed by atoms with Crippen molar-refractivity contribution in [1.82, 2.24) is 5.32 Å². The lowest BCUT2D eigenvalue weighted by molar-refractivity contribution is -0.148. The van der Waals surface area contributed by atoms with Crippen molar-refractivity contribution in [2.75, 3.05) is 19.8 Å². The van der Waals surface area contributed by atoms with E-state index >= 15 is 0 Å². The van der Waals surface area contributed by atoms with Gasteiger partial charge >= 0.3 is 5.97 Å². The molecule has 1 aliphatic rings. The van der Waals surface area contributed by atoms with Gasteiger partial charge in [-0.3, -0.25) is 4.79 Å². The molecule has 0 aromatic carbocycles. The summed E-state index contributed by atoms with van der Waals surface area (Å²) in [4.78, 5) is 23.1. The molecule has 104 valence electrons. The lowest BCUT2D eigenvalue weighted by Gasteiger charge is -2.28. The number of hydrogen-bond acceptors (Lipinski definition) is 5. The summed E-state index contributed by atoms with van der Waals surface area (Å²) >= 11 is 0. The average Bonchev–Trinajstić information content (AvgIpc) is 2.39. The summed E-state index contributed by atoms with van der Waals surface area (Å²) in [5.74, 6) is -0.793. The summed E-state index contributed by atoms with van der Waals surface area (Å²) < 4.78 is 9.97. The van der Waals surface area contributed by atoms with Gasteiger partial charge in [0.25, 0.3) is 0 Å². The molecule has 0 radical (unpaired) electrons. The average molecular weight is 258 g/mol. The van der Waals surface area contributed by atoms with E-state index in [1.54, 1.807) is 6.92 Å². The van der Waals surface area contributed by atoms with E-state index in [0.29, 0.717) is 5.92 Å². The molecule has 0 aromatic heterocycles. The second kappa shape index (κ2) is 7.33. The van der Waals surface area contributed by atoms with Gasteiger partial charge in [0.1, 0.15) is 0 Å². The van der Waals surface area contributed by atoms with E-state index in [1.165, 1.54) is 0 Å². The highest BCUT2D eigenvalue weighted by Crippen LogP contribution is 2.18. The molecular formula is C12H22N2O4. The molecule has 1 rings (SSSR count). The molecule has 18 heavy (non-hydrogen) atoms. The molecule has 0 spiro atoms. The van der Waals surface area contributed by atoms with E-state index in [9.17, 15) is 9.59 Å². The molecule has 1 saturated heterocycles. The first-order valence-electron chi connectivity index (χ1n) is 6.36. The van der Waals surface area contributed by atoms with Crippen LogP contribution in [-0.2, 0) is 19.1 Å². The maximum atomic E-state index is 11.7. The van der Waals surface area contributed by atoms with Gasteiger partial charge in [-0.15, -0.1) is 0 Å². The minimum absolute atomic E-state index is 0.0122. The summed E-state index contributed by atoms with van der Waals surface area (Å²) in [6.45, 7) is 5.25. The molecule has 1 amide bonds. The van der Waals surface area contributed by atoms with Gasteiger partial charge in [-0.25, -0.2) is 4.79 Å². The van der Waals surface area contributed by atoms with Crippen LogP contribution in [0.4, 0.5) is 0 Å². The van der Waals surface area contributed by atoms with Gasteiger partial charge in [0.2, 0.25) is 5.91 Å². The first-order chi connectivity index (χ1) is 8.56. The Morgan fingerprint density at radius 1 is 1.44 bits per heavy atom. The number of esters is 1. The third-order valence-electron chi connectivity index (χ3n) is 3.17. The van der Waals surface area contributed by atoms with Gasteiger partial charge in [-0.05, 0) is 32.6 Å². The Morgan fingerprint density at radius 2 is 2.06 bits per heavy atom. The first kappa shape index (κ1) is 14.9. The van der Waals surface area contributed by atoms with Crippen LogP contribution in [0.3, 0.4) is 0 Å². The summed E-state index contributed by atoms with van der Waals surface area (Å²) in [5.41, 5.74) is 5.51. The second-order valence-electron chi connectivity index (χ2n) is 4.48. The van der Waals surface area contributed by atoms with Gasteiger partial charge < -0.3 is 20.5 Å². The van der Waals surface area contributed by atoms with Crippen molar-refractivity contribution in [1.29, 1.82) is 0 Å². The van der Waals surface area contributed by atoms with Gasteiger partial charge in [0.15, 0.2) is 6.04 Å². The van der Waals surface area contributed by atoms with Gasteiger partial charge in [0.05, 0.1) is 6.61 Å². The highest BCUT2D eigenvalue weighted by Gasteiger charge is 2.27. The number of hydrogen-bond donors (Lipinski definition) is 2.